The van der Waals surface area contributed by atoms with Gasteiger partial charge < -0.3 is 20.5 Å². The maximum atomic E-state index is 11.5. The van der Waals surface area contributed by atoms with Gasteiger partial charge in [0.05, 0.1) is 0 Å². The Morgan fingerprint density at radius 3 is 2.75 bits per heavy atom. The summed E-state index contributed by atoms with van der Waals surface area (Å²) in [4.78, 5) is 21.9. The van der Waals surface area contributed by atoms with Crippen molar-refractivity contribution in [3.05, 3.63) is 0 Å². The predicted octanol–water partition coefficient (Wildman–Crippen LogP) is 1.75. The van der Waals surface area contributed by atoms with Crippen LogP contribution in [0.2, 0.25) is 0 Å². The van der Waals surface area contributed by atoms with Crippen molar-refractivity contribution >= 4 is 12.0 Å². The second-order valence-corrected chi connectivity index (χ2v) is 5.46. The van der Waals surface area contributed by atoms with E-state index in [4.69, 9.17) is 9.84 Å². The number of carbonyl (C=O) groups excluding carboxylic acids is 1. The van der Waals surface area contributed by atoms with Crippen LogP contribution in [0.4, 0.5) is 4.79 Å². The molecule has 0 aromatic heterocycles. The molecule has 2 amide bonds. The van der Waals surface area contributed by atoms with Crippen LogP contribution >= 0.6 is 0 Å². The summed E-state index contributed by atoms with van der Waals surface area (Å²) in [7, 11) is 0. The summed E-state index contributed by atoms with van der Waals surface area (Å²) >= 11 is 0. The zero-order chi connectivity index (χ0) is 14.8. The first-order valence-electron chi connectivity index (χ1n) is 7.42. The molecule has 1 rings (SSSR count). The number of carboxylic acids is 1. The first-order valence-corrected chi connectivity index (χ1v) is 7.42. The molecule has 0 aromatic carbocycles. The van der Waals surface area contributed by atoms with Crippen molar-refractivity contribution in [3.8, 4) is 0 Å². The van der Waals surface area contributed by atoms with E-state index < -0.39 is 5.97 Å². The van der Waals surface area contributed by atoms with Gasteiger partial charge in [-0.1, -0.05) is 0 Å². The van der Waals surface area contributed by atoms with E-state index in [9.17, 15) is 9.59 Å². The molecular formula is C14H26N2O4. The van der Waals surface area contributed by atoms with Gasteiger partial charge in [0.2, 0.25) is 0 Å². The lowest BCUT2D eigenvalue weighted by Crippen LogP contribution is -2.41. The molecule has 0 bridgehead atoms. The number of carbonyl (C=O) groups is 2. The van der Waals surface area contributed by atoms with E-state index in [0.717, 1.165) is 18.9 Å². The minimum Gasteiger partial charge on any atom is -0.481 e. The first-order chi connectivity index (χ1) is 9.58. The number of aliphatic carboxylic acids is 1. The molecule has 0 spiro atoms. The maximum absolute atomic E-state index is 11.5. The van der Waals surface area contributed by atoms with Gasteiger partial charge in [-0.15, -0.1) is 0 Å². The van der Waals surface area contributed by atoms with Crippen molar-refractivity contribution < 1.29 is 19.4 Å². The highest BCUT2D eigenvalue weighted by Crippen LogP contribution is 2.28. The van der Waals surface area contributed by atoms with Crippen LogP contribution in [0.15, 0.2) is 0 Å². The second kappa shape index (κ2) is 9.58. The molecule has 6 heteroatoms. The van der Waals surface area contributed by atoms with E-state index in [2.05, 4.69) is 10.6 Å². The zero-order valence-corrected chi connectivity index (χ0v) is 12.2. The quantitative estimate of drug-likeness (QED) is 0.505. The monoisotopic (exact) mass is 286 g/mol. The molecule has 1 unspecified atom stereocenters. The molecule has 1 saturated carbocycles. The number of urea groups is 1. The number of rotatable bonds is 11. The SMILES string of the molecule is CC(CCCC(=O)O)NC(=O)NCCCOCC1CC1. The van der Waals surface area contributed by atoms with Gasteiger partial charge in [-0.25, -0.2) is 4.79 Å². The van der Waals surface area contributed by atoms with Crippen molar-refractivity contribution in [2.24, 2.45) is 5.92 Å². The lowest BCUT2D eigenvalue weighted by molar-refractivity contribution is -0.137. The van der Waals surface area contributed by atoms with E-state index in [0.29, 0.717) is 26.0 Å². The molecule has 3 N–H and O–H groups in total. The molecule has 116 valence electrons. The van der Waals surface area contributed by atoms with Crippen LogP contribution in [0.1, 0.15) is 45.4 Å². The minimum atomic E-state index is -0.798. The van der Waals surface area contributed by atoms with Crippen LogP contribution in [-0.2, 0) is 9.53 Å². The number of ether oxygens (including phenoxy) is 1. The van der Waals surface area contributed by atoms with Crippen LogP contribution in [-0.4, -0.2) is 42.9 Å². The predicted molar refractivity (Wildman–Crippen MR) is 75.6 cm³/mol. The highest BCUT2D eigenvalue weighted by atomic mass is 16.5. The molecule has 1 aliphatic carbocycles. The normalized spacial score (nSPS) is 15.7. The minimum absolute atomic E-state index is 0.0135. The molecule has 0 aliphatic heterocycles. The molecule has 1 atom stereocenters. The van der Waals surface area contributed by atoms with Crippen LogP contribution in [0.25, 0.3) is 0 Å². The van der Waals surface area contributed by atoms with Crippen molar-refractivity contribution in [3.63, 3.8) is 0 Å². The van der Waals surface area contributed by atoms with Crippen molar-refractivity contribution in [2.45, 2.75) is 51.5 Å². The largest absolute Gasteiger partial charge is 0.481 e. The third kappa shape index (κ3) is 9.61. The van der Waals surface area contributed by atoms with Gasteiger partial charge in [0.25, 0.3) is 0 Å². The Labute approximate surface area is 120 Å². The number of hydrogen-bond acceptors (Lipinski definition) is 3. The number of hydrogen-bond donors (Lipinski definition) is 3. The Bertz CT molecular complexity index is 306. The number of carboxylic acid groups (broad SMARTS) is 1. The summed E-state index contributed by atoms with van der Waals surface area (Å²) in [6, 6.07) is -0.213. The first kappa shape index (κ1) is 16.8. The van der Waals surface area contributed by atoms with E-state index >= 15 is 0 Å². The van der Waals surface area contributed by atoms with Crippen LogP contribution < -0.4 is 10.6 Å². The summed E-state index contributed by atoms with van der Waals surface area (Å²) in [6.45, 7) is 4.01. The summed E-state index contributed by atoms with van der Waals surface area (Å²) in [5, 5.41) is 14.1. The van der Waals surface area contributed by atoms with Gasteiger partial charge in [0.1, 0.15) is 0 Å². The molecule has 0 heterocycles. The van der Waals surface area contributed by atoms with Gasteiger partial charge in [-0.2, -0.15) is 0 Å². The standard InChI is InChI=1S/C14H26N2O4/c1-11(4-2-5-13(17)18)16-14(19)15-8-3-9-20-10-12-6-7-12/h11-12H,2-10H2,1H3,(H,17,18)(H2,15,16,19). The Kier molecular flexibility index (Phi) is 8.02. The third-order valence-corrected chi connectivity index (χ3v) is 3.21. The van der Waals surface area contributed by atoms with Gasteiger partial charge >= 0.3 is 12.0 Å². The molecular weight excluding hydrogens is 260 g/mol. The van der Waals surface area contributed by atoms with E-state index in [1.54, 1.807) is 0 Å². The van der Waals surface area contributed by atoms with Crippen molar-refractivity contribution in [1.82, 2.24) is 10.6 Å². The fraction of sp³-hybridized carbons (Fsp3) is 0.857. The average molecular weight is 286 g/mol. The van der Waals surface area contributed by atoms with Crippen LogP contribution in [0.5, 0.6) is 0 Å². The molecule has 0 radical (unpaired) electrons. The fourth-order valence-electron chi connectivity index (χ4n) is 1.82. The van der Waals surface area contributed by atoms with E-state index in [1.165, 1.54) is 12.8 Å². The van der Waals surface area contributed by atoms with Crippen LogP contribution in [0, 0.1) is 5.92 Å². The zero-order valence-electron chi connectivity index (χ0n) is 12.2. The van der Waals surface area contributed by atoms with Gasteiger partial charge in [-0.3, -0.25) is 4.79 Å². The topological polar surface area (TPSA) is 87.7 Å². The number of amides is 2. The second-order valence-electron chi connectivity index (χ2n) is 5.46. The third-order valence-electron chi connectivity index (χ3n) is 3.21. The molecule has 20 heavy (non-hydrogen) atoms. The highest BCUT2D eigenvalue weighted by Gasteiger charge is 2.20. The van der Waals surface area contributed by atoms with Crippen molar-refractivity contribution in [2.75, 3.05) is 19.8 Å². The van der Waals surface area contributed by atoms with Gasteiger partial charge in [0.15, 0.2) is 0 Å². The molecule has 0 saturated heterocycles. The lowest BCUT2D eigenvalue weighted by Gasteiger charge is -2.14. The lowest BCUT2D eigenvalue weighted by atomic mass is 10.1. The summed E-state index contributed by atoms with van der Waals surface area (Å²) in [5.74, 6) is -0.0224. The Hall–Kier alpha value is -1.30. The number of nitrogens with one attached hydrogen (secondary N) is 2. The molecule has 1 fully saturated rings. The fourth-order valence-corrected chi connectivity index (χ4v) is 1.82. The summed E-state index contributed by atoms with van der Waals surface area (Å²) in [5.41, 5.74) is 0. The van der Waals surface area contributed by atoms with E-state index in [1.807, 2.05) is 6.92 Å². The van der Waals surface area contributed by atoms with Crippen molar-refractivity contribution in [1.29, 1.82) is 0 Å². The summed E-state index contributed by atoms with van der Waals surface area (Å²) in [6.07, 6.45) is 4.79. The highest BCUT2D eigenvalue weighted by molar-refractivity contribution is 5.74. The smallest absolute Gasteiger partial charge is 0.314 e. The Morgan fingerprint density at radius 2 is 2.10 bits per heavy atom. The average Bonchev–Trinajstić information content (AvgIpc) is 3.17. The van der Waals surface area contributed by atoms with Gasteiger partial charge in [-0.05, 0) is 44.9 Å². The molecule has 1 aliphatic rings. The van der Waals surface area contributed by atoms with Gasteiger partial charge in [0, 0.05) is 32.2 Å². The molecule has 6 nitrogen and oxygen atoms in total. The summed E-state index contributed by atoms with van der Waals surface area (Å²) < 4.78 is 5.47. The van der Waals surface area contributed by atoms with Crippen LogP contribution in [0.3, 0.4) is 0 Å². The Morgan fingerprint density at radius 1 is 1.35 bits per heavy atom. The van der Waals surface area contributed by atoms with E-state index in [-0.39, 0.29) is 18.5 Å². The molecule has 0 aromatic rings. The maximum Gasteiger partial charge on any atom is 0.314 e. The Balaban J connectivity index is 1.88.